The van der Waals surface area contributed by atoms with Gasteiger partial charge >= 0.3 is 0 Å². The highest BCUT2D eigenvalue weighted by Crippen LogP contribution is 2.37. The van der Waals surface area contributed by atoms with Gasteiger partial charge in [0.05, 0.1) is 16.3 Å². The molecule has 1 aliphatic carbocycles. The first-order valence-electron chi connectivity index (χ1n) is 6.17. The average molecular weight is 258 g/mol. The summed E-state index contributed by atoms with van der Waals surface area (Å²) >= 11 is 5.96. The van der Waals surface area contributed by atoms with Gasteiger partial charge < -0.3 is 10.8 Å². The number of aryl methyl sites for hydroxylation is 2. The fourth-order valence-electron chi connectivity index (χ4n) is 2.71. The molecule has 2 rings (SSSR count). The predicted octanol–water partition coefficient (Wildman–Crippen LogP) is 1.72. The van der Waals surface area contributed by atoms with Crippen molar-refractivity contribution in [3.63, 3.8) is 0 Å². The summed E-state index contributed by atoms with van der Waals surface area (Å²) in [5.41, 5.74) is 5.86. The molecule has 1 heterocycles. The molecule has 0 aliphatic heterocycles. The van der Waals surface area contributed by atoms with Gasteiger partial charge in [-0.25, -0.2) is 0 Å². The Morgan fingerprint density at radius 3 is 3.06 bits per heavy atom. The van der Waals surface area contributed by atoms with E-state index in [1.165, 1.54) is 0 Å². The smallest absolute Gasteiger partial charge is 0.0814 e. The molecule has 3 N–H and O–H groups in total. The van der Waals surface area contributed by atoms with Crippen LogP contribution < -0.4 is 5.73 Å². The molecule has 0 spiro atoms. The van der Waals surface area contributed by atoms with Crippen molar-refractivity contribution >= 4 is 11.6 Å². The molecule has 1 aromatic heterocycles. The summed E-state index contributed by atoms with van der Waals surface area (Å²) in [6, 6.07) is 0. The maximum Gasteiger partial charge on any atom is 0.0814 e. The molecule has 0 radical (unpaired) electrons. The van der Waals surface area contributed by atoms with Crippen molar-refractivity contribution in [2.24, 2.45) is 11.7 Å². The third-order valence-electron chi connectivity index (χ3n) is 3.87. The van der Waals surface area contributed by atoms with E-state index >= 15 is 0 Å². The van der Waals surface area contributed by atoms with Crippen LogP contribution in [0.4, 0.5) is 0 Å². The molecule has 17 heavy (non-hydrogen) atoms. The molecule has 1 aromatic rings. The molecule has 0 bridgehead atoms. The molecule has 1 saturated carbocycles. The third-order valence-corrected chi connectivity index (χ3v) is 4.24. The van der Waals surface area contributed by atoms with Gasteiger partial charge in [0.2, 0.25) is 0 Å². The highest BCUT2D eigenvalue weighted by Gasteiger charge is 2.39. The molecule has 4 nitrogen and oxygen atoms in total. The van der Waals surface area contributed by atoms with Gasteiger partial charge in [-0.2, -0.15) is 5.10 Å². The number of aliphatic hydroxyl groups is 1. The third kappa shape index (κ3) is 2.64. The molecule has 1 fully saturated rings. The van der Waals surface area contributed by atoms with E-state index in [4.69, 9.17) is 17.3 Å². The maximum absolute atomic E-state index is 10.3. The zero-order valence-electron chi connectivity index (χ0n) is 10.2. The zero-order chi connectivity index (χ0) is 12.5. The molecular formula is C12H20ClN3O. The van der Waals surface area contributed by atoms with Crippen LogP contribution in [0.3, 0.4) is 0 Å². The minimum Gasteiger partial charge on any atom is -0.388 e. The molecule has 2 atom stereocenters. The molecule has 1 aliphatic rings. The van der Waals surface area contributed by atoms with Gasteiger partial charge in [0.15, 0.2) is 0 Å². The minimum absolute atomic E-state index is 0.288. The van der Waals surface area contributed by atoms with Crippen molar-refractivity contribution in [1.29, 1.82) is 0 Å². The van der Waals surface area contributed by atoms with Crippen LogP contribution in [-0.2, 0) is 6.54 Å². The molecule has 96 valence electrons. The molecule has 0 saturated heterocycles. The minimum atomic E-state index is -0.661. The molecular weight excluding hydrogens is 238 g/mol. The summed E-state index contributed by atoms with van der Waals surface area (Å²) in [7, 11) is 0. The summed E-state index contributed by atoms with van der Waals surface area (Å²) in [4.78, 5) is 0. The largest absolute Gasteiger partial charge is 0.388 e. The van der Waals surface area contributed by atoms with E-state index in [9.17, 15) is 5.11 Å². The Morgan fingerprint density at radius 2 is 2.47 bits per heavy atom. The maximum atomic E-state index is 10.3. The number of halogens is 1. The van der Waals surface area contributed by atoms with E-state index in [0.29, 0.717) is 11.6 Å². The Labute approximate surface area is 107 Å². The van der Waals surface area contributed by atoms with Crippen LogP contribution in [0.5, 0.6) is 0 Å². The van der Waals surface area contributed by atoms with Crippen molar-refractivity contribution in [2.75, 3.05) is 6.54 Å². The fraction of sp³-hybridized carbons (Fsp3) is 0.750. The van der Waals surface area contributed by atoms with E-state index < -0.39 is 5.60 Å². The van der Waals surface area contributed by atoms with Crippen LogP contribution >= 0.6 is 11.6 Å². The Hall–Kier alpha value is -0.580. The second-order valence-electron chi connectivity index (χ2n) is 5.01. The number of hydrogen-bond donors (Lipinski definition) is 2. The van der Waals surface area contributed by atoms with Crippen LogP contribution in [0.15, 0.2) is 6.20 Å². The molecule has 0 amide bonds. The monoisotopic (exact) mass is 257 g/mol. The molecule has 2 unspecified atom stereocenters. The number of rotatable bonds is 4. The van der Waals surface area contributed by atoms with Crippen LogP contribution in [0.25, 0.3) is 0 Å². The summed E-state index contributed by atoms with van der Waals surface area (Å²) < 4.78 is 1.85. The second-order valence-corrected chi connectivity index (χ2v) is 5.42. The van der Waals surface area contributed by atoms with E-state index in [1.807, 2.05) is 17.8 Å². The molecule has 0 aromatic carbocycles. The van der Waals surface area contributed by atoms with Gasteiger partial charge in [-0.15, -0.1) is 0 Å². The first-order valence-corrected chi connectivity index (χ1v) is 6.55. The van der Waals surface area contributed by atoms with Crippen LogP contribution in [-0.4, -0.2) is 27.0 Å². The van der Waals surface area contributed by atoms with E-state index in [0.717, 1.165) is 37.9 Å². The Balaban J connectivity index is 1.94. The lowest BCUT2D eigenvalue weighted by Crippen LogP contribution is -2.41. The Bertz CT molecular complexity index is 374. The lowest BCUT2D eigenvalue weighted by molar-refractivity contribution is 0.00628. The predicted molar refractivity (Wildman–Crippen MR) is 67.9 cm³/mol. The number of aromatic nitrogens is 2. The van der Waals surface area contributed by atoms with Gasteiger partial charge in [0.1, 0.15) is 0 Å². The van der Waals surface area contributed by atoms with Crippen molar-refractivity contribution in [3.8, 4) is 0 Å². The zero-order valence-corrected chi connectivity index (χ0v) is 11.0. The first-order chi connectivity index (χ1) is 8.05. The standard InChI is InChI=1S/C12H20ClN3O/c1-9-11(13)7-16(15-9)6-4-10-3-2-5-12(10,17)8-14/h7,10,17H,2-6,8,14H2,1H3. The molecule has 5 heteroatoms. The SMILES string of the molecule is Cc1nn(CCC2CCCC2(O)CN)cc1Cl. The fourth-order valence-corrected chi connectivity index (χ4v) is 2.86. The normalized spacial score (nSPS) is 28.8. The quantitative estimate of drug-likeness (QED) is 0.863. The topological polar surface area (TPSA) is 64.1 Å². The van der Waals surface area contributed by atoms with Gasteiger partial charge in [-0.3, -0.25) is 4.68 Å². The lowest BCUT2D eigenvalue weighted by atomic mass is 9.88. The summed E-state index contributed by atoms with van der Waals surface area (Å²) in [5.74, 6) is 0.288. The lowest BCUT2D eigenvalue weighted by Gasteiger charge is -2.28. The number of hydrogen-bond acceptors (Lipinski definition) is 3. The Morgan fingerprint density at radius 1 is 1.71 bits per heavy atom. The van der Waals surface area contributed by atoms with Gasteiger partial charge in [-0.1, -0.05) is 18.0 Å². The van der Waals surface area contributed by atoms with Crippen molar-refractivity contribution in [1.82, 2.24) is 9.78 Å². The van der Waals surface area contributed by atoms with Gasteiger partial charge in [0, 0.05) is 19.3 Å². The van der Waals surface area contributed by atoms with Crippen molar-refractivity contribution in [3.05, 3.63) is 16.9 Å². The van der Waals surface area contributed by atoms with Gasteiger partial charge in [-0.05, 0) is 32.1 Å². The average Bonchev–Trinajstić information content (AvgIpc) is 2.82. The Kier molecular flexibility index (Phi) is 3.76. The van der Waals surface area contributed by atoms with Crippen molar-refractivity contribution in [2.45, 2.75) is 44.8 Å². The van der Waals surface area contributed by atoms with E-state index in [1.54, 1.807) is 0 Å². The van der Waals surface area contributed by atoms with E-state index in [2.05, 4.69) is 5.10 Å². The summed E-state index contributed by atoms with van der Waals surface area (Å²) in [6.45, 7) is 3.04. The summed E-state index contributed by atoms with van der Waals surface area (Å²) in [5, 5.41) is 15.3. The van der Waals surface area contributed by atoms with E-state index in [-0.39, 0.29) is 5.92 Å². The van der Waals surface area contributed by atoms with Crippen LogP contribution in [0.1, 0.15) is 31.4 Å². The second kappa shape index (κ2) is 4.96. The first kappa shape index (κ1) is 12.9. The number of nitrogens with zero attached hydrogens (tertiary/aromatic N) is 2. The highest BCUT2D eigenvalue weighted by molar-refractivity contribution is 6.31. The number of nitrogens with two attached hydrogens (primary N) is 1. The van der Waals surface area contributed by atoms with Crippen LogP contribution in [0, 0.1) is 12.8 Å². The highest BCUT2D eigenvalue weighted by atomic mass is 35.5. The summed E-state index contributed by atoms with van der Waals surface area (Å²) in [6.07, 6.45) is 5.70. The van der Waals surface area contributed by atoms with Crippen LogP contribution in [0.2, 0.25) is 5.02 Å². The van der Waals surface area contributed by atoms with Crippen molar-refractivity contribution < 1.29 is 5.11 Å². The van der Waals surface area contributed by atoms with Gasteiger partial charge in [0.25, 0.3) is 0 Å².